The number of aromatic nitrogens is 3. The normalized spacial score (nSPS) is 10.5. The van der Waals surface area contributed by atoms with Gasteiger partial charge in [0.15, 0.2) is 0 Å². The third-order valence-electron chi connectivity index (χ3n) is 2.66. The molecule has 0 aliphatic carbocycles. The van der Waals surface area contributed by atoms with E-state index in [1.165, 1.54) is 18.6 Å². The van der Waals surface area contributed by atoms with E-state index >= 15 is 0 Å². The lowest BCUT2D eigenvalue weighted by molar-refractivity contribution is 0.799. The number of hydrogen-bond donors (Lipinski definition) is 1. The molecule has 0 amide bonds. The van der Waals surface area contributed by atoms with Crippen molar-refractivity contribution in [3.63, 3.8) is 0 Å². The molecule has 1 aromatic heterocycles. The number of thioether (sulfide) groups is 1. The van der Waals surface area contributed by atoms with Crippen molar-refractivity contribution in [3.05, 3.63) is 36.7 Å². The van der Waals surface area contributed by atoms with Crippen molar-refractivity contribution in [1.82, 2.24) is 15.0 Å². The van der Waals surface area contributed by atoms with Crippen molar-refractivity contribution in [2.75, 3.05) is 23.9 Å². The van der Waals surface area contributed by atoms with Crippen LogP contribution >= 0.6 is 11.8 Å². The summed E-state index contributed by atoms with van der Waals surface area (Å²) in [7, 11) is 0. The van der Waals surface area contributed by atoms with Gasteiger partial charge in [-0.3, -0.25) is 0 Å². The molecule has 2 aromatic rings. The average Bonchev–Trinajstić information content (AvgIpc) is 2.93. The van der Waals surface area contributed by atoms with Crippen molar-refractivity contribution in [2.24, 2.45) is 0 Å². The molecule has 0 aliphatic rings. The van der Waals surface area contributed by atoms with E-state index in [1.54, 1.807) is 10.9 Å². The molecule has 4 nitrogen and oxygen atoms in total. The zero-order chi connectivity index (χ0) is 12.6. The summed E-state index contributed by atoms with van der Waals surface area (Å²) in [5.41, 5.74) is 2.15. The molecule has 0 saturated heterocycles. The van der Waals surface area contributed by atoms with Gasteiger partial charge in [-0.25, -0.2) is 4.68 Å². The molecule has 0 fully saturated rings. The van der Waals surface area contributed by atoms with Gasteiger partial charge in [-0.05, 0) is 37.0 Å². The second-order valence-electron chi connectivity index (χ2n) is 3.99. The number of para-hydroxylation sites is 2. The predicted octanol–water partition coefficient (Wildman–Crippen LogP) is 2.82. The SMILES string of the molecule is CSCCCCNc1ccccc1-n1ccnn1. The van der Waals surface area contributed by atoms with Crippen LogP contribution in [0, 0.1) is 0 Å². The Bertz CT molecular complexity index is 456. The van der Waals surface area contributed by atoms with Crippen LogP contribution in [0.2, 0.25) is 0 Å². The van der Waals surface area contributed by atoms with E-state index in [4.69, 9.17) is 0 Å². The summed E-state index contributed by atoms with van der Waals surface area (Å²) in [5.74, 6) is 1.23. The Labute approximate surface area is 112 Å². The molecule has 0 atom stereocenters. The van der Waals surface area contributed by atoms with Crippen LogP contribution in [0.25, 0.3) is 5.69 Å². The number of nitrogens with zero attached hydrogens (tertiary/aromatic N) is 3. The summed E-state index contributed by atoms with van der Waals surface area (Å²) in [6.45, 7) is 0.992. The highest BCUT2D eigenvalue weighted by Crippen LogP contribution is 2.18. The Kier molecular flexibility index (Phi) is 5.08. The van der Waals surface area contributed by atoms with Crippen molar-refractivity contribution >= 4 is 17.4 Å². The maximum Gasteiger partial charge on any atom is 0.0894 e. The van der Waals surface area contributed by atoms with E-state index < -0.39 is 0 Å². The second kappa shape index (κ2) is 7.06. The first kappa shape index (κ1) is 13.0. The van der Waals surface area contributed by atoms with Crippen LogP contribution < -0.4 is 5.32 Å². The van der Waals surface area contributed by atoms with Crippen LogP contribution in [0.3, 0.4) is 0 Å². The smallest absolute Gasteiger partial charge is 0.0894 e. The monoisotopic (exact) mass is 262 g/mol. The van der Waals surface area contributed by atoms with E-state index in [0.29, 0.717) is 0 Å². The lowest BCUT2D eigenvalue weighted by atomic mass is 10.2. The summed E-state index contributed by atoms with van der Waals surface area (Å²) in [4.78, 5) is 0. The van der Waals surface area contributed by atoms with E-state index in [9.17, 15) is 0 Å². The van der Waals surface area contributed by atoms with Crippen molar-refractivity contribution in [2.45, 2.75) is 12.8 Å². The van der Waals surface area contributed by atoms with Crippen molar-refractivity contribution < 1.29 is 0 Å². The Morgan fingerprint density at radius 3 is 2.94 bits per heavy atom. The third-order valence-corrected chi connectivity index (χ3v) is 3.36. The van der Waals surface area contributed by atoms with Crippen LogP contribution in [0.4, 0.5) is 5.69 Å². The van der Waals surface area contributed by atoms with Gasteiger partial charge in [0.05, 0.1) is 23.8 Å². The minimum Gasteiger partial charge on any atom is -0.383 e. The largest absolute Gasteiger partial charge is 0.383 e. The van der Waals surface area contributed by atoms with Crippen LogP contribution in [-0.2, 0) is 0 Å². The Morgan fingerprint density at radius 2 is 2.17 bits per heavy atom. The molecular weight excluding hydrogens is 244 g/mol. The molecule has 0 bridgehead atoms. The maximum absolute atomic E-state index is 4.03. The van der Waals surface area contributed by atoms with Gasteiger partial charge >= 0.3 is 0 Å². The van der Waals surface area contributed by atoms with E-state index in [-0.39, 0.29) is 0 Å². The highest BCUT2D eigenvalue weighted by atomic mass is 32.2. The molecule has 0 unspecified atom stereocenters. The standard InChI is InChI=1S/C13H18N4S/c1-18-11-5-4-8-14-12-6-2-3-7-13(12)17-10-9-15-16-17/h2-3,6-7,9-10,14H,4-5,8,11H2,1H3. The Hall–Kier alpha value is -1.49. The fourth-order valence-corrected chi connectivity index (χ4v) is 2.25. The molecule has 5 heteroatoms. The molecule has 96 valence electrons. The zero-order valence-corrected chi connectivity index (χ0v) is 11.4. The first-order valence-electron chi connectivity index (χ1n) is 6.10. The first-order chi connectivity index (χ1) is 8.92. The third kappa shape index (κ3) is 3.50. The second-order valence-corrected chi connectivity index (χ2v) is 4.98. The molecule has 1 heterocycles. The minimum absolute atomic E-state index is 0.992. The maximum atomic E-state index is 4.03. The molecule has 0 aliphatic heterocycles. The summed E-state index contributed by atoms with van der Waals surface area (Å²) in [5, 5.41) is 11.3. The van der Waals surface area contributed by atoms with Crippen molar-refractivity contribution in [3.8, 4) is 5.69 Å². The molecule has 1 aromatic carbocycles. The number of benzene rings is 1. The summed E-state index contributed by atoms with van der Waals surface area (Å²) in [6.07, 6.45) is 8.13. The Morgan fingerprint density at radius 1 is 1.28 bits per heavy atom. The molecule has 0 saturated carbocycles. The van der Waals surface area contributed by atoms with Gasteiger partial charge in [-0.15, -0.1) is 5.10 Å². The summed E-state index contributed by atoms with van der Waals surface area (Å²) in [6, 6.07) is 8.16. The Balaban J connectivity index is 1.96. The molecule has 1 N–H and O–H groups in total. The van der Waals surface area contributed by atoms with Gasteiger partial charge in [0.25, 0.3) is 0 Å². The number of anilines is 1. The van der Waals surface area contributed by atoms with Gasteiger partial charge in [0.2, 0.25) is 0 Å². The fraction of sp³-hybridized carbons (Fsp3) is 0.385. The van der Waals surface area contributed by atoms with E-state index in [1.807, 2.05) is 36.2 Å². The van der Waals surface area contributed by atoms with E-state index in [0.717, 1.165) is 17.9 Å². The zero-order valence-electron chi connectivity index (χ0n) is 10.5. The average molecular weight is 262 g/mol. The molecule has 18 heavy (non-hydrogen) atoms. The molecular formula is C13H18N4S. The molecule has 0 spiro atoms. The van der Waals surface area contributed by atoms with Crippen LogP contribution in [-0.4, -0.2) is 33.5 Å². The summed E-state index contributed by atoms with van der Waals surface area (Å²) < 4.78 is 1.78. The molecule has 2 rings (SSSR count). The van der Waals surface area contributed by atoms with Gasteiger partial charge in [-0.2, -0.15) is 11.8 Å². The number of hydrogen-bond acceptors (Lipinski definition) is 4. The van der Waals surface area contributed by atoms with Gasteiger partial charge < -0.3 is 5.32 Å². The minimum atomic E-state index is 0.992. The topological polar surface area (TPSA) is 42.7 Å². The van der Waals surface area contributed by atoms with Crippen LogP contribution in [0.15, 0.2) is 36.7 Å². The van der Waals surface area contributed by atoms with Gasteiger partial charge in [0.1, 0.15) is 0 Å². The quantitative estimate of drug-likeness (QED) is 0.779. The number of nitrogens with one attached hydrogen (secondary N) is 1. The lowest BCUT2D eigenvalue weighted by Gasteiger charge is -2.11. The van der Waals surface area contributed by atoms with Crippen molar-refractivity contribution in [1.29, 1.82) is 0 Å². The van der Waals surface area contributed by atoms with Crippen LogP contribution in [0.1, 0.15) is 12.8 Å². The fourth-order valence-electron chi connectivity index (χ4n) is 1.75. The van der Waals surface area contributed by atoms with Crippen LogP contribution in [0.5, 0.6) is 0 Å². The van der Waals surface area contributed by atoms with Gasteiger partial charge in [0, 0.05) is 6.54 Å². The van der Waals surface area contributed by atoms with Gasteiger partial charge in [-0.1, -0.05) is 17.3 Å². The predicted molar refractivity (Wildman–Crippen MR) is 77.5 cm³/mol. The molecule has 0 radical (unpaired) electrons. The number of rotatable bonds is 7. The highest BCUT2D eigenvalue weighted by molar-refractivity contribution is 7.98. The summed E-state index contributed by atoms with van der Waals surface area (Å²) >= 11 is 1.90. The lowest BCUT2D eigenvalue weighted by Crippen LogP contribution is -2.06. The first-order valence-corrected chi connectivity index (χ1v) is 7.50. The number of unbranched alkanes of at least 4 members (excludes halogenated alkanes) is 1. The highest BCUT2D eigenvalue weighted by Gasteiger charge is 2.03. The van der Waals surface area contributed by atoms with E-state index in [2.05, 4.69) is 28.0 Å².